The lowest BCUT2D eigenvalue weighted by atomic mass is 10.2. The van der Waals surface area contributed by atoms with Crippen LogP contribution in [-0.4, -0.2) is 26.2 Å². The first kappa shape index (κ1) is 15.4. The molecule has 3 rings (SSSR count). The molecule has 0 atom stereocenters. The summed E-state index contributed by atoms with van der Waals surface area (Å²) in [6, 6.07) is 15.9. The molecule has 4 nitrogen and oxygen atoms in total. The number of ether oxygens (including phenoxy) is 2. The molecule has 0 spiro atoms. The van der Waals surface area contributed by atoms with Gasteiger partial charge in [-0.05, 0) is 24.1 Å². The molecular formula is C19H21NO3. The molecule has 2 aromatic carbocycles. The van der Waals surface area contributed by atoms with Crippen LogP contribution >= 0.6 is 0 Å². The molecule has 1 saturated heterocycles. The number of hydrogen-bond donors (Lipinski definition) is 0. The highest BCUT2D eigenvalue weighted by Gasteiger charge is 2.22. The lowest BCUT2D eigenvalue weighted by Crippen LogP contribution is -2.23. The van der Waals surface area contributed by atoms with Gasteiger partial charge in [0.2, 0.25) is 5.91 Å². The SMILES string of the molecule is COc1ccc(N2CCCC2=O)cc1OCCc1ccccc1. The highest BCUT2D eigenvalue weighted by molar-refractivity contribution is 5.95. The normalized spacial score (nSPS) is 14.1. The molecule has 120 valence electrons. The predicted octanol–water partition coefficient (Wildman–Crippen LogP) is 3.44. The summed E-state index contributed by atoms with van der Waals surface area (Å²) in [5.41, 5.74) is 2.11. The van der Waals surface area contributed by atoms with Crippen molar-refractivity contribution in [1.82, 2.24) is 0 Å². The molecule has 4 heteroatoms. The minimum Gasteiger partial charge on any atom is -0.493 e. The van der Waals surface area contributed by atoms with E-state index >= 15 is 0 Å². The summed E-state index contributed by atoms with van der Waals surface area (Å²) in [6.07, 6.45) is 2.36. The molecule has 1 aliphatic heterocycles. The highest BCUT2D eigenvalue weighted by Crippen LogP contribution is 2.33. The molecule has 0 N–H and O–H groups in total. The van der Waals surface area contributed by atoms with E-state index in [4.69, 9.17) is 9.47 Å². The summed E-state index contributed by atoms with van der Waals surface area (Å²) in [7, 11) is 1.63. The molecule has 0 saturated carbocycles. The Balaban J connectivity index is 1.70. The number of hydrogen-bond acceptors (Lipinski definition) is 3. The van der Waals surface area contributed by atoms with Crippen LogP contribution in [0.2, 0.25) is 0 Å². The van der Waals surface area contributed by atoms with Gasteiger partial charge in [0, 0.05) is 31.1 Å². The Morgan fingerprint density at radius 1 is 1.09 bits per heavy atom. The number of carbonyl (C=O) groups is 1. The topological polar surface area (TPSA) is 38.8 Å². The van der Waals surface area contributed by atoms with E-state index in [1.54, 1.807) is 7.11 Å². The van der Waals surface area contributed by atoms with E-state index in [-0.39, 0.29) is 5.91 Å². The van der Waals surface area contributed by atoms with Crippen LogP contribution in [-0.2, 0) is 11.2 Å². The minimum atomic E-state index is 0.172. The fourth-order valence-corrected chi connectivity index (χ4v) is 2.79. The molecule has 23 heavy (non-hydrogen) atoms. The van der Waals surface area contributed by atoms with Gasteiger partial charge >= 0.3 is 0 Å². The average Bonchev–Trinajstić information content (AvgIpc) is 3.02. The van der Waals surface area contributed by atoms with E-state index in [9.17, 15) is 4.79 Å². The monoisotopic (exact) mass is 311 g/mol. The zero-order chi connectivity index (χ0) is 16.1. The molecule has 2 aromatic rings. The smallest absolute Gasteiger partial charge is 0.227 e. The van der Waals surface area contributed by atoms with Crippen LogP contribution < -0.4 is 14.4 Å². The molecular weight excluding hydrogens is 290 g/mol. The standard InChI is InChI=1S/C19H21NO3/c1-22-17-10-9-16(20-12-5-8-19(20)21)14-18(17)23-13-11-15-6-3-2-4-7-15/h2-4,6-7,9-10,14H,5,8,11-13H2,1H3. The molecule has 1 aliphatic rings. The van der Waals surface area contributed by atoms with Gasteiger partial charge in [0.05, 0.1) is 13.7 Å². The Labute approximate surface area is 136 Å². The number of carbonyl (C=O) groups excluding carboxylic acids is 1. The number of methoxy groups -OCH3 is 1. The van der Waals surface area contributed by atoms with Gasteiger partial charge in [0.15, 0.2) is 11.5 Å². The van der Waals surface area contributed by atoms with Crippen molar-refractivity contribution in [2.24, 2.45) is 0 Å². The van der Waals surface area contributed by atoms with Crippen molar-refractivity contribution in [3.8, 4) is 11.5 Å². The molecule has 0 bridgehead atoms. The summed E-state index contributed by atoms with van der Waals surface area (Å²) in [5, 5.41) is 0. The Morgan fingerprint density at radius 2 is 1.91 bits per heavy atom. The van der Waals surface area contributed by atoms with Crippen LogP contribution in [0.15, 0.2) is 48.5 Å². The number of benzene rings is 2. The quantitative estimate of drug-likeness (QED) is 0.820. The second kappa shape index (κ2) is 7.18. The van der Waals surface area contributed by atoms with E-state index in [1.807, 2.05) is 41.3 Å². The van der Waals surface area contributed by atoms with Crippen molar-refractivity contribution in [2.45, 2.75) is 19.3 Å². The predicted molar refractivity (Wildman–Crippen MR) is 90.2 cm³/mol. The lowest BCUT2D eigenvalue weighted by Gasteiger charge is -2.18. The second-order valence-corrected chi connectivity index (χ2v) is 5.57. The van der Waals surface area contributed by atoms with Crippen molar-refractivity contribution in [1.29, 1.82) is 0 Å². The van der Waals surface area contributed by atoms with Crippen LogP contribution in [0, 0.1) is 0 Å². The summed E-state index contributed by atoms with van der Waals surface area (Å²) >= 11 is 0. The third-order valence-corrected chi connectivity index (χ3v) is 4.02. The van der Waals surface area contributed by atoms with E-state index in [0.717, 1.165) is 25.1 Å². The summed E-state index contributed by atoms with van der Waals surface area (Å²) < 4.78 is 11.3. The van der Waals surface area contributed by atoms with Gasteiger partial charge in [-0.3, -0.25) is 4.79 Å². The fourth-order valence-electron chi connectivity index (χ4n) is 2.79. The van der Waals surface area contributed by atoms with Gasteiger partial charge in [-0.15, -0.1) is 0 Å². The number of rotatable bonds is 6. The summed E-state index contributed by atoms with van der Waals surface area (Å²) in [6.45, 7) is 1.34. The number of anilines is 1. The number of amides is 1. The van der Waals surface area contributed by atoms with E-state index < -0.39 is 0 Å². The van der Waals surface area contributed by atoms with Gasteiger partial charge in [0.25, 0.3) is 0 Å². The molecule has 0 radical (unpaired) electrons. The van der Waals surface area contributed by atoms with Gasteiger partial charge in [-0.2, -0.15) is 0 Å². The van der Waals surface area contributed by atoms with Crippen LogP contribution in [0.25, 0.3) is 0 Å². The third kappa shape index (κ3) is 3.65. The Bertz CT molecular complexity index is 670. The highest BCUT2D eigenvalue weighted by atomic mass is 16.5. The molecule has 1 fully saturated rings. The molecule has 0 aromatic heterocycles. The molecule has 1 amide bonds. The van der Waals surface area contributed by atoms with Gasteiger partial charge in [-0.1, -0.05) is 30.3 Å². The van der Waals surface area contributed by atoms with Gasteiger partial charge in [0.1, 0.15) is 0 Å². The Hall–Kier alpha value is -2.49. The maximum atomic E-state index is 11.9. The summed E-state index contributed by atoms with van der Waals surface area (Å²) in [5.74, 6) is 1.54. The zero-order valence-corrected chi connectivity index (χ0v) is 13.3. The van der Waals surface area contributed by atoms with Gasteiger partial charge in [-0.25, -0.2) is 0 Å². The number of nitrogens with zero attached hydrogens (tertiary/aromatic N) is 1. The maximum absolute atomic E-state index is 11.9. The van der Waals surface area contributed by atoms with E-state index in [1.165, 1.54) is 5.56 Å². The minimum absolute atomic E-state index is 0.172. The Morgan fingerprint density at radius 3 is 2.61 bits per heavy atom. The fraction of sp³-hybridized carbons (Fsp3) is 0.316. The maximum Gasteiger partial charge on any atom is 0.227 e. The second-order valence-electron chi connectivity index (χ2n) is 5.57. The first-order valence-electron chi connectivity index (χ1n) is 7.93. The Kier molecular flexibility index (Phi) is 4.81. The van der Waals surface area contributed by atoms with Crippen molar-refractivity contribution < 1.29 is 14.3 Å². The van der Waals surface area contributed by atoms with Crippen LogP contribution in [0.5, 0.6) is 11.5 Å². The largest absolute Gasteiger partial charge is 0.493 e. The zero-order valence-electron chi connectivity index (χ0n) is 13.3. The van der Waals surface area contributed by atoms with Crippen LogP contribution in [0.3, 0.4) is 0 Å². The van der Waals surface area contributed by atoms with Crippen molar-refractivity contribution in [2.75, 3.05) is 25.2 Å². The third-order valence-electron chi connectivity index (χ3n) is 4.02. The first-order valence-corrected chi connectivity index (χ1v) is 7.93. The van der Waals surface area contributed by atoms with E-state index in [2.05, 4.69) is 12.1 Å². The molecule has 1 heterocycles. The first-order chi connectivity index (χ1) is 11.3. The summed E-state index contributed by atoms with van der Waals surface area (Å²) in [4.78, 5) is 13.7. The lowest BCUT2D eigenvalue weighted by molar-refractivity contribution is -0.117. The average molecular weight is 311 g/mol. The van der Waals surface area contributed by atoms with Crippen LogP contribution in [0.1, 0.15) is 18.4 Å². The van der Waals surface area contributed by atoms with Crippen molar-refractivity contribution >= 4 is 11.6 Å². The molecule has 0 unspecified atom stereocenters. The van der Waals surface area contributed by atoms with Crippen molar-refractivity contribution in [3.63, 3.8) is 0 Å². The van der Waals surface area contributed by atoms with E-state index in [0.29, 0.717) is 24.5 Å². The molecule has 0 aliphatic carbocycles. The van der Waals surface area contributed by atoms with Gasteiger partial charge < -0.3 is 14.4 Å². The van der Waals surface area contributed by atoms with Crippen molar-refractivity contribution in [3.05, 3.63) is 54.1 Å². The van der Waals surface area contributed by atoms with Crippen LogP contribution in [0.4, 0.5) is 5.69 Å².